The van der Waals surface area contributed by atoms with Crippen LogP contribution in [-0.4, -0.2) is 80.9 Å². The molecule has 1 aromatic rings. The topological polar surface area (TPSA) is 150 Å². The zero-order chi connectivity index (χ0) is 35.5. The second kappa shape index (κ2) is 28.1. The van der Waals surface area contributed by atoms with Crippen LogP contribution in [0.1, 0.15) is 116 Å². The zero-order valence-electron chi connectivity index (χ0n) is 30.7. The number of nitrogens with one attached hydrogen (secondary N) is 4. The minimum Gasteiger partial charge on any atom is -0.384 e. The van der Waals surface area contributed by atoms with Gasteiger partial charge in [-0.2, -0.15) is 0 Å². The molecule has 0 spiro atoms. The molecule has 10 heteroatoms. The Morgan fingerprint density at radius 2 is 1.60 bits per heavy atom. The van der Waals surface area contributed by atoms with Gasteiger partial charge in [-0.1, -0.05) is 89.1 Å². The summed E-state index contributed by atoms with van der Waals surface area (Å²) in [7, 11) is 1.84. The molecule has 0 saturated heterocycles. The van der Waals surface area contributed by atoms with E-state index in [9.17, 15) is 14.4 Å². The number of aryl methyl sites for hydroxylation is 1. The number of carbonyl (C=O) groups excluding carboxylic acids is 3. The standard InChI is InChI=1S/C23H44N4O4.C8H10N2.C4H8.C2H6/c1-5-27(4)23(30)18(2)16-24-13-9-15-31-21-12-7-6-10-20(21)11-8-14-25-22(29)17-26-19(3)28;1-6-2-4-7(5-3-6)8(9)10;1-2-4-3-1;1-2/h18,20-21,24H,5-17H2,1-4H3,(H,25,29)(H,26,28);2-5H,1H3,(H3,9,10);1-4H2;1-2H3. The summed E-state index contributed by atoms with van der Waals surface area (Å²) >= 11 is 0. The summed E-state index contributed by atoms with van der Waals surface area (Å²) in [5.41, 5.74) is 7.22. The number of amides is 3. The molecule has 10 nitrogen and oxygen atoms in total. The van der Waals surface area contributed by atoms with Gasteiger partial charge in [0.1, 0.15) is 5.84 Å². The van der Waals surface area contributed by atoms with Crippen LogP contribution < -0.4 is 21.7 Å². The number of nitrogens with two attached hydrogens (primary N) is 1. The third kappa shape index (κ3) is 22.3. The van der Waals surface area contributed by atoms with Gasteiger partial charge in [0.2, 0.25) is 17.7 Å². The van der Waals surface area contributed by atoms with Crippen molar-refractivity contribution in [2.75, 3.05) is 46.4 Å². The lowest BCUT2D eigenvalue weighted by Gasteiger charge is -2.31. The first-order valence-corrected chi connectivity index (χ1v) is 18.0. The molecule has 0 radical (unpaired) electrons. The number of nitrogen functional groups attached to an aromatic ring is 1. The molecule has 3 rings (SSSR count). The largest absolute Gasteiger partial charge is 0.384 e. The van der Waals surface area contributed by atoms with Crippen LogP contribution in [0.2, 0.25) is 0 Å². The van der Waals surface area contributed by atoms with E-state index in [1.807, 2.05) is 65.9 Å². The average Bonchev–Trinajstić information content (AvgIpc) is 3.04. The van der Waals surface area contributed by atoms with Crippen LogP contribution in [0, 0.1) is 24.2 Å². The predicted molar refractivity (Wildman–Crippen MR) is 195 cm³/mol. The fourth-order valence-electron chi connectivity index (χ4n) is 4.94. The van der Waals surface area contributed by atoms with Crippen molar-refractivity contribution in [2.45, 2.75) is 118 Å². The first-order chi connectivity index (χ1) is 22.5. The number of hydrogen-bond acceptors (Lipinski definition) is 6. The number of nitrogens with zero attached hydrogens (tertiary/aromatic N) is 1. The molecule has 2 saturated carbocycles. The average molecular weight is 661 g/mol. The van der Waals surface area contributed by atoms with Crippen molar-refractivity contribution >= 4 is 23.6 Å². The Morgan fingerprint density at radius 1 is 0.979 bits per heavy atom. The Kier molecular flexibility index (Phi) is 26.3. The molecule has 0 heterocycles. The van der Waals surface area contributed by atoms with Crippen molar-refractivity contribution in [3.63, 3.8) is 0 Å². The number of benzene rings is 1. The van der Waals surface area contributed by atoms with E-state index in [-0.39, 0.29) is 36.0 Å². The van der Waals surface area contributed by atoms with Gasteiger partial charge in [0.25, 0.3) is 0 Å². The Morgan fingerprint density at radius 3 is 2.15 bits per heavy atom. The van der Waals surface area contributed by atoms with E-state index < -0.39 is 0 Å². The molecule has 47 heavy (non-hydrogen) atoms. The van der Waals surface area contributed by atoms with Gasteiger partial charge >= 0.3 is 0 Å². The van der Waals surface area contributed by atoms with Gasteiger partial charge in [0.15, 0.2) is 0 Å². The van der Waals surface area contributed by atoms with Gasteiger partial charge < -0.3 is 31.3 Å². The van der Waals surface area contributed by atoms with Crippen LogP contribution >= 0.6 is 0 Å². The second-order valence-corrected chi connectivity index (χ2v) is 12.4. The Bertz CT molecular complexity index is 980. The van der Waals surface area contributed by atoms with Crippen LogP contribution in [-0.2, 0) is 19.1 Å². The second-order valence-electron chi connectivity index (χ2n) is 12.4. The van der Waals surface area contributed by atoms with Gasteiger partial charge in [-0.25, -0.2) is 0 Å². The first-order valence-electron chi connectivity index (χ1n) is 18.0. The first kappa shape index (κ1) is 44.0. The SMILES string of the molecule is C1CCC1.CC.CCN(C)C(=O)C(C)CNCCCOC1CCCCC1CCCNC(=O)CNC(C)=O.Cc1ccc(C(=N)N)cc1. The molecule has 0 aromatic heterocycles. The van der Waals surface area contributed by atoms with Crippen molar-refractivity contribution in [1.29, 1.82) is 5.41 Å². The number of carbonyl (C=O) groups is 3. The Balaban J connectivity index is 0.00000107. The minimum absolute atomic E-state index is 0.00711. The third-order valence-electron chi connectivity index (χ3n) is 8.33. The molecular weight excluding hydrogens is 592 g/mol. The quantitative estimate of drug-likeness (QED) is 0.0891. The van der Waals surface area contributed by atoms with Crippen LogP contribution in [0.4, 0.5) is 0 Å². The van der Waals surface area contributed by atoms with Gasteiger partial charge in [0.05, 0.1) is 12.6 Å². The molecule has 2 fully saturated rings. The summed E-state index contributed by atoms with van der Waals surface area (Å²) in [4.78, 5) is 36.3. The zero-order valence-corrected chi connectivity index (χ0v) is 30.7. The van der Waals surface area contributed by atoms with E-state index in [2.05, 4.69) is 16.0 Å². The van der Waals surface area contributed by atoms with Crippen LogP contribution in [0.25, 0.3) is 0 Å². The van der Waals surface area contributed by atoms with Crippen molar-refractivity contribution in [3.8, 4) is 0 Å². The van der Waals surface area contributed by atoms with E-state index in [0.29, 0.717) is 25.1 Å². The molecule has 2 aliphatic carbocycles. The minimum atomic E-state index is -0.195. The fraction of sp³-hybridized carbons (Fsp3) is 0.730. The highest BCUT2D eigenvalue weighted by molar-refractivity contribution is 5.94. The lowest BCUT2D eigenvalue weighted by atomic mass is 9.83. The third-order valence-corrected chi connectivity index (χ3v) is 8.33. The Hall–Kier alpha value is -2.98. The highest BCUT2D eigenvalue weighted by atomic mass is 16.5. The Labute approximate surface area is 286 Å². The molecule has 3 atom stereocenters. The molecular formula is C37H68N6O4. The highest BCUT2D eigenvalue weighted by Gasteiger charge is 2.25. The van der Waals surface area contributed by atoms with Crippen molar-refractivity contribution < 1.29 is 19.1 Å². The van der Waals surface area contributed by atoms with Crippen LogP contribution in [0.15, 0.2) is 24.3 Å². The summed E-state index contributed by atoms with van der Waals surface area (Å²) < 4.78 is 6.20. The maximum atomic E-state index is 12.1. The molecule has 1 aromatic carbocycles. The lowest BCUT2D eigenvalue weighted by molar-refractivity contribution is -0.133. The normalized spacial score (nSPS) is 17.0. The molecule has 0 aliphatic heterocycles. The van der Waals surface area contributed by atoms with Gasteiger partial charge in [-0.05, 0) is 58.4 Å². The summed E-state index contributed by atoms with van der Waals surface area (Å²) in [5.74, 6) is 0.516. The van der Waals surface area contributed by atoms with Crippen LogP contribution in [0.3, 0.4) is 0 Å². The lowest BCUT2D eigenvalue weighted by Crippen LogP contribution is -2.37. The summed E-state index contributed by atoms with van der Waals surface area (Å²) in [6.07, 6.45) is 14.0. The number of hydrogen-bond donors (Lipinski definition) is 5. The van der Waals surface area contributed by atoms with E-state index in [1.54, 1.807) is 4.90 Å². The molecule has 3 amide bonds. The monoisotopic (exact) mass is 661 g/mol. The molecule has 3 unspecified atom stereocenters. The van der Waals surface area contributed by atoms with Crippen molar-refractivity contribution in [3.05, 3.63) is 35.4 Å². The van der Waals surface area contributed by atoms with E-state index in [1.165, 1.54) is 57.4 Å². The van der Waals surface area contributed by atoms with Gasteiger partial charge in [-0.3, -0.25) is 19.8 Å². The number of amidine groups is 1. The summed E-state index contributed by atoms with van der Waals surface area (Å²) in [6, 6.07) is 7.57. The highest BCUT2D eigenvalue weighted by Crippen LogP contribution is 2.30. The van der Waals surface area contributed by atoms with E-state index in [0.717, 1.165) is 50.9 Å². The summed E-state index contributed by atoms with van der Waals surface area (Å²) in [5, 5.41) is 15.8. The van der Waals surface area contributed by atoms with Crippen LogP contribution in [0.5, 0.6) is 0 Å². The van der Waals surface area contributed by atoms with Gasteiger partial charge in [-0.15, -0.1) is 0 Å². The summed E-state index contributed by atoms with van der Waals surface area (Å²) in [6.45, 7) is 15.1. The molecule has 270 valence electrons. The molecule has 6 N–H and O–H groups in total. The number of rotatable bonds is 16. The molecule has 2 aliphatic rings. The van der Waals surface area contributed by atoms with Crippen molar-refractivity contribution in [1.82, 2.24) is 20.9 Å². The van der Waals surface area contributed by atoms with Crippen molar-refractivity contribution in [2.24, 2.45) is 17.6 Å². The van der Waals surface area contributed by atoms with Gasteiger partial charge in [0, 0.05) is 51.7 Å². The smallest absolute Gasteiger partial charge is 0.239 e. The fourth-order valence-corrected chi connectivity index (χ4v) is 4.94. The molecule has 0 bridgehead atoms. The maximum absolute atomic E-state index is 12.1. The maximum Gasteiger partial charge on any atom is 0.239 e. The predicted octanol–water partition coefficient (Wildman–Crippen LogP) is 5.55. The number of ether oxygens (including phenoxy) is 1. The van der Waals surface area contributed by atoms with E-state index in [4.69, 9.17) is 15.9 Å². The van der Waals surface area contributed by atoms with E-state index >= 15 is 0 Å².